The number of nitrogens with zero attached hydrogens (tertiary/aromatic N) is 4. The summed E-state index contributed by atoms with van der Waals surface area (Å²) < 4.78 is 11.2. The van der Waals surface area contributed by atoms with Crippen LogP contribution in [0.15, 0.2) is 0 Å². The lowest BCUT2D eigenvalue weighted by Crippen LogP contribution is -2.41. The first kappa shape index (κ1) is 28.4. The van der Waals surface area contributed by atoms with Crippen molar-refractivity contribution in [3.05, 3.63) is 0 Å². The fourth-order valence-electron chi connectivity index (χ4n) is 5.08. The summed E-state index contributed by atoms with van der Waals surface area (Å²) in [6, 6.07) is 0. The third kappa shape index (κ3) is 9.03. The fraction of sp³-hybridized carbons (Fsp3) is 0.846. The highest BCUT2D eigenvalue weighted by Gasteiger charge is 2.24. The van der Waals surface area contributed by atoms with Gasteiger partial charge in [0.2, 0.25) is 23.6 Å². The van der Waals surface area contributed by atoms with Crippen LogP contribution in [0.2, 0.25) is 0 Å². The van der Waals surface area contributed by atoms with Crippen LogP contribution in [-0.4, -0.2) is 115 Å². The summed E-state index contributed by atoms with van der Waals surface area (Å²) in [7, 11) is 0. The molecule has 4 saturated heterocycles. The lowest BCUT2D eigenvalue weighted by Gasteiger charge is -2.28. The van der Waals surface area contributed by atoms with E-state index < -0.39 is 0 Å². The van der Waals surface area contributed by atoms with Crippen molar-refractivity contribution in [1.82, 2.24) is 19.6 Å². The molecule has 36 heavy (non-hydrogen) atoms. The van der Waals surface area contributed by atoms with Crippen molar-refractivity contribution in [3.63, 3.8) is 0 Å². The van der Waals surface area contributed by atoms with E-state index in [1.54, 1.807) is 0 Å². The van der Waals surface area contributed by atoms with E-state index in [9.17, 15) is 19.2 Å². The zero-order chi connectivity index (χ0) is 25.8. The average Bonchev–Trinajstić information content (AvgIpc) is 3.54. The summed E-state index contributed by atoms with van der Waals surface area (Å²) in [4.78, 5) is 53.4. The Kier molecular flexibility index (Phi) is 11.9. The fourth-order valence-corrected chi connectivity index (χ4v) is 5.08. The van der Waals surface area contributed by atoms with Crippen LogP contribution in [0.1, 0.15) is 71.1 Å². The van der Waals surface area contributed by atoms with Gasteiger partial charge in [-0.15, -0.1) is 0 Å². The van der Waals surface area contributed by atoms with Crippen molar-refractivity contribution in [3.8, 4) is 0 Å². The van der Waals surface area contributed by atoms with Gasteiger partial charge in [-0.2, -0.15) is 0 Å². The molecule has 1 unspecified atom stereocenters. The van der Waals surface area contributed by atoms with Crippen LogP contribution in [0.5, 0.6) is 0 Å². The van der Waals surface area contributed by atoms with E-state index in [2.05, 4.69) is 0 Å². The molecule has 0 bridgehead atoms. The average molecular weight is 509 g/mol. The number of ether oxygens (including phenoxy) is 2. The summed E-state index contributed by atoms with van der Waals surface area (Å²) in [5.41, 5.74) is 0. The molecule has 0 aromatic carbocycles. The quantitative estimate of drug-likeness (QED) is 0.393. The monoisotopic (exact) mass is 508 g/mol. The van der Waals surface area contributed by atoms with E-state index >= 15 is 0 Å². The number of rotatable bonds is 11. The Bertz CT molecular complexity index is 720. The zero-order valence-corrected chi connectivity index (χ0v) is 22.0. The molecule has 0 aromatic rings. The van der Waals surface area contributed by atoms with Crippen LogP contribution < -0.4 is 0 Å². The molecule has 4 aliphatic rings. The minimum atomic E-state index is -0.177. The predicted molar refractivity (Wildman–Crippen MR) is 134 cm³/mol. The van der Waals surface area contributed by atoms with Gasteiger partial charge in [0.05, 0.1) is 19.8 Å². The first-order valence-corrected chi connectivity index (χ1v) is 13.8. The Balaban J connectivity index is 0.000000202. The van der Waals surface area contributed by atoms with Crippen molar-refractivity contribution < 1.29 is 28.7 Å². The summed E-state index contributed by atoms with van der Waals surface area (Å²) in [6.45, 7) is 8.99. The van der Waals surface area contributed by atoms with Crippen molar-refractivity contribution in [2.45, 2.75) is 77.4 Å². The standard InChI is InChI=1S/C14H24N2O3.C12H20N2O3/c1-12(16-9-4-2-3-6-14(16)18)19-11-10-15-8-5-7-13(15)17;15-11-3-1-5-13(11)7-9-17-10-8-14-6-2-4-12(14)16/h12H,2-11H2,1H3;1-10H2. The predicted octanol–water partition coefficient (Wildman–Crippen LogP) is 1.62. The molecule has 4 aliphatic heterocycles. The summed E-state index contributed by atoms with van der Waals surface area (Å²) in [5, 5.41) is 0. The van der Waals surface area contributed by atoms with Crippen LogP contribution in [0, 0.1) is 0 Å². The minimum Gasteiger partial charge on any atom is -0.378 e. The van der Waals surface area contributed by atoms with Crippen LogP contribution in [0.25, 0.3) is 0 Å². The molecule has 1 atom stereocenters. The highest BCUT2D eigenvalue weighted by Crippen LogP contribution is 2.15. The van der Waals surface area contributed by atoms with E-state index in [1.165, 1.54) is 0 Å². The van der Waals surface area contributed by atoms with Crippen LogP contribution in [-0.2, 0) is 28.7 Å². The van der Waals surface area contributed by atoms with Gasteiger partial charge in [-0.05, 0) is 39.0 Å². The first-order valence-electron chi connectivity index (χ1n) is 13.8. The van der Waals surface area contributed by atoms with Crippen molar-refractivity contribution >= 4 is 23.6 Å². The van der Waals surface area contributed by atoms with Gasteiger partial charge in [0, 0.05) is 71.5 Å². The van der Waals surface area contributed by atoms with Gasteiger partial charge >= 0.3 is 0 Å². The lowest BCUT2D eigenvalue weighted by atomic mass is 10.2. The first-order chi connectivity index (χ1) is 17.5. The molecule has 10 heteroatoms. The van der Waals surface area contributed by atoms with Gasteiger partial charge in [0.15, 0.2) is 0 Å². The SMILES string of the molecule is CC(OCCN1CCCC1=O)N1CCCCCC1=O.O=C1CCCN1CCOCCN1CCCC1=O. The minimum absolute atomic E-state index is 0.177. The molecule has 4 amide bonds. The third-order valence-corrected chi connectivity index (χ3v) is 7.29. The van der Waals surface area contributed by atoms with E-state index in [-0.39, 0.29) is 29.9 Å². The normalized spacial score (nSPS) is 21.8. The van der Waals surface area contributed by atoms with Crippen molar-refractivity contribution in [1.29, 1.82) is 0 Å². The second-order valence-corrected chi connectivity index (χ2v) is 9.93. The van der Waals surface area contributed by atoms with Gasteiger partial charge in [0.25, 0.3) is 0 Å². The second kappa shape index (κ2) is 15.1. The molecule has 204 valence electrons. The molecular formula is C26H44N4O6. The van der Waals surface area contributed by atoms with Gasteiger partial charge in [-0.3, -0.25) is 19.2 Å². The number of likely N-dealkylation sites (tertiary alicyclic amines) is 4. The van der Waals surface area contributed by atoms with E-state index in [1.807, 2.05) is 26.5 Å². The maximum atomic E-state index is 11.9. The maximum Gasteiger partial charge on any atom is 0.224 e. The zero-order valence-electron chi connectivity index (χ0n) is 22.0. The largest absolute Gasteiger partial charge is 0.378 e. The Labute approximate surface area is 215 Å². The summed E-state index contributed by atoms with van der Waals surface area (Å²) in [6.07, 6.45) is 8.57. The van der Waals surface area contributed by atoms with E-state index in [4.69, 9.17) is 9.47 Å². The molecule has 4 rings (SSSR count). The molecular weight excluding hydrogens is 464 g/mol. The Morgan fingerprint density at radius 1 is 0.583 bits per heavy atom. The van der Waals surface area contributed by atoms with Crippen LogP contribution >= 0.6 is 0 Å². The highest BCUT2D eigenvalue weighted by molar-refractivity contribution is 5.79. The van der Waals surface area contributed by atoms with E-state index in [0.717, 1.165) is 64.7 Å². The Morgan fingerprint density at radius 3 is 1.53 bits per heavy atom. The van der Waals surface area contributed by atoms with Gasteiger partial charge < -0.3 is 29.1 Å². The molecule has 0 spiro atoms. The van der Waals surface area contributed by atoms with Gasteiger partial charge in [0.1, 0.15) is 6.23 Å². The van der Waals surface area contributed by atoms with Crippen molar-refractivity contribution in [2.24, 2.45) is 0 Å². The second-order valence-electron chi connectivity index (χ2n) is 9.93. The Morgan fingerprint density at radius 2 is 1.06 bits per heavy atom. The molecule has 0 aliphatic carbocycles. The van der Waals surface area contributed by atoms with Crippen LogP contribution in [0.4, 0.5) is 0 Å². The van der Waals surface area contributed by atoms with Gasteiger partial charge in [-0.1, -0.05) is 6.42 Å². The lowest BCUT2D eigenvalue weighted by molar-refractivity contribution is -0.145. The van der Waals surface area contributed by atoms with Gasteiger partial charge in [-0.25, -0.2) is 0 Å². The number of hydrogen-bond donors (Lipinski definition) is 0. The Hall–Kier alpha value is -2.20. The molecule has 0 N–H and O–H groups in total. The molecule has 4 heterocycles. The molecule has 0 saturated carbocycles. The number of carbonyl (C=O) groups excluding carboxylic acids is 4. The maximum absolute atomic E-state index is 11.9. The smallest absolute Gasteiger partial charge is 0.224 e. The van der Waals surface area contributed by atoms with Crippen molar-refractivity contribution in [2.75, 3.05) is 65.6 Å². The summed E-state index contributed by atoms with van der Waals surface area (Å²) >= 11 is 0. The topological polar surface area (TPSA) is 99.7 Å². The highest BCUT2D eigenvalue weighted by atomic mass is 16.5. The molecule has 0 radical (unpaired) electrons. The van der Waals surface area contributed by atoms with Crippen LogP contribution in [0.3, 0.4) is 0 Å². The molecule has 4 fully saturated rings. The molecule has 10 nitrogen and oxygen atoms in total. The number of hydrogen-bond acceptors (Lipinski definition) is 6. The number of amides is 4. The summed E-state index contributed by atoms with van der Waals surface area (Å²) in [5.74, 6) is 0.899. The third-order valence-electron chi connectivity index (χ3n) is 7.29. The molecule has 0 aromatic heterocycles. The number of carbonyl (C=O) groups is 4. The van der Waals surface area contributed by atoms with E-state index in [0.29, 0.717) is 65.1 Å².